The minimum Gasteiger partial charge on any atom is -0.273 e. The normalized spacial score (nSPS) is 17.1. The summed E-state index contributed by atoms with van der Waals surface area (Å²) in [6.45, 7) is 8.32. The Hall–Kier alpha value is -1.21. The Bertz CT molecular complexity index is 656. The third-order valence-corrected chi connectivity index (χ3v) is 6.11. The van der Waals surface area contributed by atoms with E-state index in [2.05, 4.69) is 5.10 Å². The van der Waals surface area contributed by atoms with Crippen LogP contribution in [0.2, 0.25) is 0 Å². The molecule has 124 valence electrons. The summed E-state index contributed by atoms with van der Waals surface area (Å²) in [5, 5.41) is 4.19. The molecule has 1 aliphatic heterocycles. The van der Waals surface area contributed by atoms with Gasteiger partial charge in [0, 0.05) is 19.5 Å². The predicted octanol–water partition coefficient (Wildman–Crippen LogP) is 2.36. The topological polar surface area (TPSA) is 72.3 Å². The predicted molar refractivity (Wildman–Crippen MR) is 84.4 cm³/mol. The van der Waals surface area contributed by atoms with Crippen molar-refractivity contribution in [1.29, 1.82) is 0 Å². The van der Waals surface area contributed by atoms with Gasteiger partial charge in [0.05, 0.1) is 11.4 Å². The third kappa shape index (κ3) is 3.25. The number of rotatable bonds is 4. The van der Waals surface area contributed by atoms with Crippen LogP contribution in [0, 0.1) is 19.8 Å². The lowest BCUT2D eigenvalue weighted by Crippen LogP contribution is -2.36. The van der Waals surface area contributed by atoms with Crippen LogP contribution in [0.3, 0.4) is 0 Å². The molecule has 22 heavy (non-hydrogen) atoms. The van der Waals surface area contributed by atoms with Gasteiger partial charge in [-0.1, -0.05) is 20.3 Å². The Morgan fingerprint density at radius 1 is 1.18 bits per heavy atom. The number of aryl methyl sites for hydroxylation is 1. The summed E-state index contributed by atoms with van der Waals surface area (Å²) in [4.78, 5) is 12.4. The molecule has 0 saturated carbocycles. The number of hydrogen-bond donors (Lipinski definition) is 0. The van der Waals surface area contributed by atoms with Crippen LogP contribution >= 0.6 is 0 Å². The molecule has 0 aliphatic carbocycles. The second-order valence-corrected chi connectivity index (χ2v) is 8.24. The van der Waals surface area contributed by atoms with Crippen molar-refractivity contribution in [3.8, 4) is 0 Å². The zero-order valence-electron chi connectivity index (χ0n) is 13.8. The number of nitrogens with zero attached hydrogens (tertiary/aromatic N) is 3. The molecule has 1 saturated heterocycles. The Kier molecular flexibility index (Phi) is 5.07. The minimum absolute atomic E-state index is 0.157. The van der Waals surface area contributed by atoms with E-state index in [0.29, 0.717) is 30.9 Å². The molecule has 0 radical (unpaired) electrons. The summed E-state index contributed by atoms with van der Waals surface area (Å²) < 4.78 is 28.5. The number of hydrogen-bond acceptors (Lipinski definition) is 4. The van der Waals surface area contributed by atoms with E-state index in [9.17, 15) is 13.2 Å². The molecule has 2 rings (SSSR count). The van der Waals surface area contributed by atoms with Gasteiger partial charge in [-0.3, -0.25) is 4.79 Å². The molecule has 1 fully saturated rings. The van der Waals surface area contributed by atoms with Crippen LogP contribution in [0.5, 0.6) is 0 Å². The van der Waals surface area contributed by atoms with Crippen LogP contribution in [0.25, 0.3) is 0 Å². The maximum Gasteiger partial charge on any atom is 0.247 e. The van der Waals surface area contributed by atoms with Crippen molar-refractivity contribution in [1.82, 2.24) is 14.1 Å². The molecule has 1 aromatic heterocycles. The highest BCUT2D eigenvalue weighted by Gasteiger charge is 2.32. The first-order valence-electron chi connectivity index (χ1n) is 7.84. The van der Waals surface area contributed by atoms with Gasteiger partial charge in [0.2, 0.25) is 15.9 Å². The van der Waals surface area contributed by atoms with E-state index >= 15 is 0 Å². The van der Waals surface area contributed by atoms with Crippen molar-refractivity contribution in [3.05, 3.63) is 11.4 Å². The number of carbonyl (C=O) groups excluding carboxylic acids is 1. The lowest BCUT2D eigenvalue weighted by molar-refractivity contribution is 0.0867. The summed E-state index contributed by atoms with van der Waals surface area (Å²) in [6, 6.07) is 0. The second kappa shape index (κ2) is 6.50. The zero-order valence-corrected chi connectivity index (χ0v) is 14.6. The van der Waals surface area contributed by atoms with E-state index in [1.807, 2.05) is 13.8 Å². The van der Waals surface area contributed by atoms with Crippen LogP contribution in [0.1, 0.15) is 55.7 Å². The Morgan fingerprint density at radius 3 is 2.32 bits per heavy atom. The molecule has 1 aliphatic rings. The summed E-state index contributed by atoms with van der Waals surface area (Å²) in [6.07, 6.45) is 3.19. The maximum atomic E-state index is 12.8. The number of aromatic nitrogens is 2. The number of carbonyl (C=O) groups is 1. The van der Waals surface area contributed by atoms with Crippen LogP contribution in [-0.4, -0.2) is 41.5 Å². The van der Waals surface area contributed by atoms with Gasteiger partial charge < -0.3 is 0 Å². The van der Waals surface area contributed by atoms with Crippen molar-refractivity contribution >= 4 is 15.9 Å². The van der Waals surface area contributed by atoms with E-state index in [1.54, 1.807) is 13.8 Å². The van der Waals surface area contributed by atoms with Gasteiger partial charge in [-0.25, -0.2) is 13.1 Å². The average molecular weight is 327 g/mol. The Balaban J connectivity index is 2.39. The first kappa shape index (κ1) is 17.1. The van der Waals surface area contributed by atoms with E-state index in [4.69, 9.17) is 0 Å². The van der Waals surface area contributed by atoms with Gasteiger partial charge in [-0.15, -0.1) is 0 Å². The first-order chi connectivity index (χ1) is 10.2. The van der Waals surface area contributed by atoms with Gasteiger partial charge in [-0.2, -0.15) is 9.40 Å². The second-order valence-electron chi connectivity index (χ2n) is 6.37. The van der Waals surface area contributed by atoms with E-state index in [1.165, 1.54) is 8.99 Å². The highest BCUT2D eigenvalue weighted by Crippen LogP contribution is 2.26. The first-order valence-corrected chi connectivity index (χ1v) is 9.28. The third-order valence-electron chi connectivity index (χ3n) is 3.96. The fraction of sp³-hybridized carbons (Fsp3) is 0.733. The monoisotopic (exact) mass is 327 g/mol. The quantitative estimate of drug-likeness (QED) is 0.851. The van der Waals surface area contributed by atoms with Gasteiger partial charge in [0.1, 0.15) is 4.90 Å². The Labute approximate surface area is 132 Å². The maximum absolute atomic E-state index is 12.8. The van der Waals surface area contributed by atoms with Crippen molar-refractivity contribution < 1.29 is 13.2 Å². The molecule has 1 aromatic rings. The highest BCUT2D eigenvalue weighted by molar-refractivity contribution is 7.89. The van der Waals surface area contributed by atoms with Crippen molar-refractivity contribution in [3.63, 3.8) is 0 Å². The molecular weight excluding hydrogens is 302 g/mol. The van der Waals surface area contributed by atoms with Crippen LogP contribution in [0.15, 0.2) is 4.90 Å². The van der Waals surface area contributed by atoms with Gasteiger partial charge >= 0.3 is 0 Å². The van der Waals surface area contributed by atoms with Crippen LogP contribution in [0.4, 0.5) is 0 Å². The van der Waals surface area contributed by atoms with Crippen LogP contribution in [-0.2, 0) is 10.0 Å². The molecule has 7 heteroatoms. The molecule has 0 N–H and O–H groups in total. The fourth-order valence-corrected chi connectivity index (χ4v) is 4.79. The molecule has 0 bridgehead atoms. The van der Waals surface area contributed by atoms with Gasteiger partial charge in [0.25, 0.3) is 0 Å². The summed E-state index contributed by atoms with van der Waals surface area (Å²) in [7, 11) is -3.57. The standard InChI is InChI=1S/C15H25N3O3S/c1-11(2)10-14(19)18-13(4)15(12(3)16-18)22(20,21)17-8-6-5-7-9-17/h11H,5-10H2,1-4H3. The molecule has 2 heterocycles. The van der Waals surface area contributed by atoms with E-state index in [-0.39, 0.29) is 16.7 Å². The molecule has 0 atom stereocenters. The van der Waals surface area contributed by atoms with Crippen molar-refractivity contribution in [2.24, 2.45) is 5.92 Å². The molecular formula is C15H25N3O3S. The highest BCUT2D eigenvalue weighted by atomic mass is 32.2. The average Bonchev–Trinajstić information content (AvgIpc) is 2.75. The molecule has 0 aromatic carbocycles. The lowest BCUT2D eigenvalue weighted by atomic mass is 10.1. The summed E-state index contributed by atoms with van der Waals surface area (Å²) in [5.74, 6) is 0.0502. The zero-order chi connectivity index (χ0) is 16.5. The molecule has 0 spiro atoms. The van der Waals surface area contributed by atoms with E-state index < -0.39 is 10.0 Å². The lowest BCUT2D eigenvalue weighted by Gasteiger charge is -2.25. The molecule has 0 amide bonds. The van der Waals surface area contributed by atoms with Gasteiger partial charge in [-0.05, 0) is 32.6 Å². The van der Waals surface area contributed by atoms with E-state index in [0.717, 1.165) is 19.3 Å². The molecule has 0 unspecified atom stereocenters. The smallest absolute Gasteiger partial charge is 0.247 e. The van der Waals surface area contributed by atoms with Crippen molar-refractivity contribution in [2.75, 3.05) is 13.1 Å². The summed E-state index contributed by atoms with van der Waals surface area (Å²) >= 11 is 0. The SMILES string of the molecule is Cc1nn(C(=O)CC(C)C)c(C)c1S(=O)(=O)N1CCCCC1. The number of sulfonamides is 1. The number of piperidine rings is 1. The fourth-order valence-electron chi connectivity index (χ4n) is 2.91. The van der Waals surface area contributed by atoms with Gasteiger partial charge in [0.15, 0.2) is 0 Å². The molecule has 6 nitrogen and oxygen atoms in total. The largest absolute Gasteiger partial charge is 0.273 e. The van der Waals surface area contributed by atoms with Crippen molar-refractivity contribution in [2.45, 2.75) is 58.3 Å². The minimum atomic E-state index is -3.57. The summed E-state index contributed by atoms with van der Waals surface area (Å²) in [5.41, 5.74) is 0.828. The van der Waals surface area contributed by atoms with Crippen LogP contribution < -0.4 is 0 Å². The Morgan fingerprint density at radius 2 is 1.77 bits per heavy atom.